The Morgan fingerprint density at radius 1 is 1.03 bits per heavy atom. The molecule has 3 heterocycles. The van der Waals surface area contributed by atoms with Crippen LogP contribution in [0.1, 0.15) is 0 Å². The van der Waals surface area contributed by atoms with E-state index in [1.54, 1.807) is 58.3 Å². The van der Waals surface area contributed by atoms with Gasteiger partial charge in [-0.25, -0.2) is 13.2 Å². The Morgan fingerprint density at radius 2 is 1.76 bits per heavy atom. The quantitative estimate of drug-likeness (QED) is 0.730. The van der Waals surface area contributed by atoms with Crippen LogP contribution in [0.15, 0.2) is 53.4 Å². The summed E-state index contributed by atoms with van der Waals surface area (Å²) in [5.74, 6) is 0.608. The summed E-state index contributed by atoms with van der Waals surface area (Å²) in [5, 5.41) is 0.565. The zero-order valence-electron chi connectivity index (χ0n) is 15.6. The van der Waals surface area contributed by atoms with Gasteiger partial charge in [0.25, 0.3) is 0 Å². The van der Waals surface area contributed by atoms with Crippen LogP contribution in [-0.2, 0) is 10.0 Å². The van der Waals surface area contributed by atoms with Crippen molar-refractivity contribution in [2.45, 2.75) is 4.90 Å². The molecule has 0 aliphatic carbocycles. The fourth-order valence-corrected chi connectivity index (χ4v) is 6.12. The molecule has 2 aromatic rings. The van der Waals surface area contributed by atoms with Gasteiger partial charge in [-0.3, -0.25) is 4.90 Å². The Labute approximate surface area is 174 Å². The van der Waals surface area contributed by atoms with E-state index in [1.165, 1.54) is 4.31 Å². The standard InChI is InChI=1S/C20H20ClN3O4S/c21-15-6-7-17-18(10-15)28-9-8-24(17)19(25)22-11-20(12-22)13-23(14-20)29(26,27)16-4-2-1-3-5-16/h1-7,10H,8-9,11-14H2. The number of hydrogen-bond donors (Lipinski definition) is 0. The highest BCUT2D eigenvalue weighted by atomic mass is 35.5. The van der Waals surface area contributed by atoms with E-state index in [4.69, 9.17) is 16.3 Å². The molecule has 9 heteroatoms. The molecular weight excluding hydrogens is 414 g/mol. The molecule has 0 bridgehead atoms. The number of halogens is 1. The minimum absolute atomic E-state index is 0.0770. The fraction of sp³-hybridized carbons (Fsp3) is 0.350. The number of amides is 2. The van der Waals surface area contributed by atoms with E-state index in [9.17, 15) is 13.2 Å². The number of rotatable bonds is 2. The van der Waals surface area contributed by atoms with Crippen LogP contribution in [0.25, 0.3) is 0 Å². The maximum absolute atomic E-state index is 13.0. The Hall–Kier alpha value is -2.29. The average Bonchev–Trinajstić information content (AvgIpc) is 2.65. The van der Waals surface area contributed by atoms with Gasteiger partial charge in [-0.05, 0) is 24.3 Å². The summed E-state index contributed by atoms with van der Waals surface area (Å²) < 4.78 is 32.5. The largest absolute Gasteiger partial charge is 0.489 e. The van der Waals surface area contributed by atoms with Gasteiger partial charge in [0.2, 0.25) is 10.0 Å². The van der Waals surface area contributed by atoms with Crippen LogP contribution >= 0.6 is 11.6 Å². The van der Waals surface area contributed by atoms with Gasteiger partial charge in [-0.1, -0.05) is 29.8 Å². The lowest BCUT2D eigenvalue weighted by Gasteiger charge is -2.59. The summed E-state index contributed by atoms with van der Waals surface area (Å²) in [6, 6.07) is 13.6. The van der Waals surface area contributed by atoms with Crippen LogP contribution < -0.4 is 9.64 Å². The molecule has 3 aliphatic rings. The summed E-state index contributed by atoms with van der Waals surface area (Å²) >= 11 is 6.02. The molecule has 2 amide bonds. The highest BCUT2D eigenvalue weighted by Crippen LogP contribution is 2.43. The van der Waals surface area contributed by atoms with Crippen LogP contribution in [-0.4, -0.2) is 63.0 Å². The highest BCUT2D eigenvalue weighted by molar-refractivity contribution is 7.89. The van der Waals surface area contributed by atoms with Crippen molar-refractivity contribution in [1.82, 2.24) is 9.21 Å². The van der Waals surface area contributed by atoms with Gasteiger partial charge in [-0.15, -0.1) is 0 Å². The molecule has 152 valence electrons. The minimum atomic E-state index is -3.46. The molecule has 0 unspecified atom stereocenters. The third kappa shape index (κ3) is 3.06. The second-order valence-corrected chi connectivity index (χ2v) is 10.2. The van der Waals surface area contributed by atoms with Crippen LogP contribution in [0.5, 0.6) is 5.75 Å². The third-order valence-corrected chi connectivity index (χ3v) is 7.78. The molecule has 0 radical (unpaired) electrons. The summed E-state index contributed by atoms with van der Waals surface area (Å²) in [4.78, 5) is 16.8. The summed E-state index contributed by atoms with van der Waals surface area (Å²) in [7, 11) is -3.46. The monoisotopic (exact) mass is 433 g/mol. The molecule has 0 saturated carbocycles. The number of sulfonamides is 1. The second-order valence-electron chi connectivity index (χ2n) is 7.84. The molecule has 2 saturated heterocycles. The molecule has 0 aromatic heterocycles. The van der Waals surface area contributed by atoms with Crippen molar-refractivity contribution in [2.75, 3.05) is 44.2 Å². The van der Waals surface area contributed by atoms with Crippen molar-refractivity contribution in [2.24, 2.45) is 5.41 Å². The van der Waals surface area contributed by atoms with Gasteiger partial charge in [0.05, 0.1) is 17.1 Å². The fourth-order valence-electron chi connectivity index (χ4n) is 4.28. The normalized spacial score (nSPS) is 20.4. The van der Waals surface area contributed by atoms with E-state index in [-0.39, 0.29) is 11.4 Å². The van der Waals surface area contributed by atoms with Crippen molar-refractivity contribution in [3.8, 4) is 5.75 Å². The van der Waals surface area contributed by atoms with Crippen molar-refractivity contribution in [1.29, 1.82) is 0 Å². The van der Waals surface area contributed by atoms with Crippen molar-refractivity contribution in [3.63, 3.8) is 0 Å². The molecule has 29 heavy (non-hydrogen) atoms. The van der Waals surface area contributed by atoms with Crippen molar-refractivity contribution >= 4 is 33.3 Å². The minimum Gasteiger partial charge on any atom is -0.489 e. The van der Waals surface area contributed by atoms with Crippen molar-refractivity contribution in [3.05, 3.63) is 53.6 Å². The smallest absolute Gasteiger partial charge is 0.324 e. The lowest BCUT2D eigenvalue weighted by atomic mass is 9.74. The lowest BCUT2D eigenvalue weighted by molar-refractivity contribution is -0.0554. The zero-order valence-corrected chi connectivity index (χ0v) is 17.2. The highest BCUT2D eigenvalue weighted by Gasteiger charge is 2.57. The van der Waals surface area contributed by atoms with E-state index in [2.05, 4.69) is 0 Å². The third-order valence-electron chi connectivity index (χ3n) is 5.74. The number of ether oxygens (including phenoxy) is 1. The number of benzene rings is 2. The maximum atomic E-state index is 13.0. The molecule has 2 fully saturated rings. The number of carbonyl (C=O) groups is 1. The first-order valence-corrected chi connectivity index (χ1v) is 11.2. The first-order valence-electron chi connectivity index (χ1n) is 9.42. The summed E-state index contributed by atoms with van der Waals surface area (Å²) in [6.07, 6.45) is 0. The first-order chi connectivity index (χ1) is 13.9. The number of anilines is 1. The molecular formula is C20H20ClN3O4S. The summed E-state index contributed by atoms with van der Waals surface area (Å²) in [6.45, 7) is 2.92. The maximum Gasteiger partial charge on any atom is 0.324 e. The van der Waals surface area contributed by atoms with E-state index < -0.39 is 10.0 Å². The second kappa shape index (κ2) is 6.62. The average molecular weight is 434 g/mol. The Kier molecular flexibility index (Phi) is 4.27. The molecule has 0 atom stereocenters. The van der Waals surface area contributed by atoms with Gasteiger partial charge < -0.3 is 9.64 Å². The van der Waals surface area contributed by atoms with E-state index in [0.717, 1.165) is 0 Å². The number of likely N-dealkylation sites (tertiary alicyclic amines) is 1. The van der Waals surface area contributed by atoms with Gasteiger partial charge in [0.1, 0.15) is 12.4 Å². The predicted octanol–water partition coefficient (Wildman–Crippen LogP) is 2.67. The number of hydrogen-bond acceptors (Lipinski definition) is 4. The van der Waals surface area contributed by atoms with Gasteiger partial charge in [0, 0.05) is 42.7 Å². The summed E-state index contributed by atoms with van der Waals surface area (Å²) in [5.41, 5.74) is 0.584. The lowest BCUT2D eigenvalue weighted by Crippen LogP contribution is -2.74. The molecule has 1 spiro atoms. The molecule has 2 aromatic carbocycles. The topological polar surface area (TPSA) is 70.2 Å². The number of nitrogens with zero attached hydrogens (tertiary/aromatic N) is 3. The molecule has 3 aliphatic heterocycles. The van der Waals surface area contributed by atoms with Gasteiger partial charge in [-0.2, -0.15) is 4.31 Å². The number of fused-ring (bicyclic) bond motifs is 1. The Bertz CT molecular complexity index is 1060. The van der Waals surface area contributed by atoms with Gasteiger partial charge >= 0.3 is 6.03 Å². The predicted molar refractivity (Wildman–Crippen MR) is 109 cm³/mol. The van der Waals surface area contributed by atoms with Gasteiger partial charge in [0.15, 0.2) is 0 Å². The Morgan fingerprint density at radius 3 is 2.48 bits per heavy atom. The van der Waals surface area contributed by atoms with E-state index in [1.807, 2.05) is 0 Å². The zero-order chi connectivity index (χ0) is 20.2. The molecule has 5 rings (SSSR count). The van der Waals surface area contributed by atoms with Crippen molar-refractivity contribution < 1.29 is 17.9 Å². The van der Waals surface area contributed by atoms with Crippen LogP contribution in [0, 0.1) is 5.41 Å². The first kappa shape index (κ1) is 18.7. The van der Waals surface area contributed by atoms with Crippen LogP contribution in [0.3, 0.4) is 0 Å². The molecule has 0 N–H and O–H groups in total. The van der Waals surface area contributed by atoms with E-state index >= 15 is 0 Å². The SMILES string of the molecule is O=C(N1CC2(C1)CN(S(=O)(=O)c1ccccc1)C2)N1CCOc2cc(Cl)ccc21. The van der Waals surface area contributed by atoms with E-state index in [0.29, 0.717) is 60.7 Å². The number of carbonyl (C=O) groups excluding carboxylic acids is 1. The van der Waals surface area contributed by atoms with Crippen LogP contribution in [0.4, 0.5) is 10.5 Å². The van der Waals surface area contributed by atoms with Crippen LogP contribution in [0.2, 0.25) is 5.02 Å². The Balaban J connectivity index is 1.23. The molecule has 7 nitrogen and oxygen atoms in total. The number of urea groups is 1.